The maximum absolute atomic E-state index is 10.2. The minimum atomic E-state index is -0.370. The third kappa shape index (κ3) is 2.06. The van der Waals surface area contributed by atoms with Gasteiger partial charge in [0.15, 0.2) is 0 Å². The van der Waals surface area contributed by atoms with Crippen molar-refractivity contribution in [1.29, 1.82) is 0 Å². The molecule has 1 heterocycles. The molecule has 1 N–H and O–H groups in total. The van der Waals surface area contributed by atoms with Crippen LogP contribution in [0.25, 0.3) is 0 Å². The van der Waals surface area contributed by atoms with Crippen LogP contribution in [-0.4, -0.2) is 10.7 Å². The Kier molecular flexibility index (Phi) is 2.62. The lowest BCUT2D eigenvalue weighted by molar-refractivity contribution is -0.0247. The molecule has 1 aliphatic carbocycles. The van der Waals surface area contributed by atoms with Crippen molar-refractivity contribution >= 4 is 0 Å². The van der Waals surface area contributed by atoms with Crippen molar-refractivity contribution in [3.05, 3.63) is 29.8 Å². The highest BCUT2D eigenvalue weighted by molar-refractivity contribution is 5.37. The van der Waals surface area contributed by atoms with Gasteiger partial charge in [-0.3, -0.25) is 0 Å². The van der Waals surface area contributed by atoms with Gasteiger partial charge < -0.3 is 9.84 Å². The third-order valence-electron chi connectivity index (χ3n) is 4.20. The standard InChI is InChI=1S/C15H20O2/c1-15(9-11-5-4-6-11)10-13(16)12-7-2-3-8-14(12)17-15/h2-3,7-8,11,13,16H,4-6,9-10H2,1H3/t13-,15?/m0/s1. The van der Waals surface area contributed by atoms with Gasteiger partial charge in [0, 0.05) is 12.0 Å². The van der Waals surface area contributed by atoms with Crippen molar-refractivity contribution in [3.8, 4) is 5.75 Å². The van der Waals surface area contributed by atoms with E-state index in [0.29, 0.717) is 0 Å². The van der Waals surface area contributed by atoms with E-state index in [1.165, 1.54) is 19.3 Å². The number of benzene rings is 1. The van der Waals surface area contributed by atoms with E-state index in [0.717, 1.165) is 30.1 Å². The summed E-state index contributed by atoms with van der Waals surface area (Å²) in [6.45, 7) is 2.14. The van der Waals surface area contributed by atoms with Gasteiger partial charge in [-0.05, 0) is 25.3 Å². The molecule has 1 saturated carbocycles. The molecule has 2 aliphatic rings. The van der Waals surface area contributed by atoms with Crippen LogP contribution in [0.4, 0.5) is 0 Å². The first-order valence-corrected chi connectivity index (χ1v) is 6.62. The van der Waals surface area contributed by atoms with Gasteiger partial charge in [0.25, 0.3) is 0 Å². The Bertz CT molecular complexity index is 411. The van der Waals surface area contributed by atoms with E-state index in [1.807, 2.05) is 24.3 Å². The highest BCUT2D eigenvalue weighted by Crippen LogP contribution is 2.44. The molecule has 0 amide bonds. The normalized spacial score (nSPS) is 32.5. The summed E-state index contributed by atoms with van der Waals surface area (Å²) in [6.07, 6.45) is 5.46. The Hall–Kier alpha value is -1.02. The van der Waals surface area contributed by atoms with Gasteiger partial charge in [0.05, 0.1) is 6.10 Å². The average molecular weight is 232 g/mol. The Morgan fingerprint density at radius 1 is 1.35 bits per heavy atom. The Labute approximate surface area is 103 Å². The first-order valence-electron chi connectivity index (χ1n) is 6.62. The van der Waals surface area contributed by atoms with E-state index >= 15 is 0 Å². The number of aliphatic hydroxyl groups is 1. The van der Waals surface area contributed by atoms with E-state index in [4.69, 9.17) is 4.74 Å². The number of hydrogen-bond donors (Lipinski definition) is 1. The van der Waals surface area contributed by atoms with Gasteiger partial charge in [0.1, 0.15) is 11.4 Å². The molecule has 17 heavy (non-hydrogen) atoms. The molecular weight excluding hydrogens is 212 g/mol. The Morgan fingerprint density at radius 3 is 2.82 bits per heavy atom. The van der Waals surface area contributed by atoms with Gasteiger partial charge in [-0.15, -0.1) is 0 Å². The number of rotatable bonds is 2. The van der Waals surface area contributed by atoms with Crippen molar-refractivity contribution in [3.63, 3.8) is 0 Å². The summed E-state index contributed by atoms with van der Waals surface area (Å²) >= 11 is 0. The predicted molar refractivity (Wildman–Crippen MR) is 67.0 cm³/mol. The lowest BCUT2D eigenvalue weighted by atomic mass is 9.75. The van der Waals surface area contributed by atoms with Crippen LogP contribution in [0.5, 0.6) is 5.75 Å². The second-order valence-corrected chi connectivity index (χ2v) is 5.81. The molecule has 1 fully saturated rings. The third-order valence-corrected chi connectivity index (χ3v) is 4.20. The molecule has 2 atom stereocenters. The van der Waals surface area contributed by atoms with Crippen LogP contribution in [0.15, 0.2) is 24.3 Å². The summed E-state index contributed by atoms with van der Waals surface area (Å²) in [7, 11) is 0. The number of para-hydroxylation sites is 1. The molecule has 0 aromatic heterocycles. The molecule has 92 valence electrons. The molecule has 1 aliphatic heterocycles. The highest BCUT2D eigenvalue weighted by Gasteiger charge is 2.39. The fourth-order valence-electron chi connectivity index (χ4n) is 3.11. The van der Waals surface area contributed by atoms with Crippen molar-refractivity contribution in [1.82, 2.24) is 0 Å². The molecule has 1 aromatic carbocycles. The number of hydrogen-bond acceptors (Lipinski definition) is 2. The van der Waals surface area contributed by atoms with Crippen LogP contribution in [0.1, 0.15) is 50.7 Å². The van der Waals surface area contributed by atoms with Crippen LogP contribution in [-0.2, 0) is 0 Å². The summed E-state index contributed by atoms with van der Waals surface area (Å²) in [5.74, 6) is 1.67. The van der Waals surface area contributed by atoms with Crippen molar-refractivity contribution in [2.75, 3.05) is 0 Å². The van der Waals surface area contributed by atoms with Gasteiger partial charge in [-0.2, -0.15) is 0 Å². The zero-order valence-electron chi connectivity index (χ0n) is 10.4. The number of aliphatic hydroxyl groups excluding tert-OH is 1. The molecule has 0 radical (unpaired) electrons. The largest absolute Gasteiger partial charge is 0.487 e. The van der Waals surface area contributed by atoms with Crippen LogP contribution in [0, 0.1) is 5.92 Å². The van der Waals surface area contributed by atoms with Crippen molar-refractivity contribution in [2.24, 2.45) is 5.92 Å². The fourth-order valence-corrected chi connectivity index (χ4v) is 3.11. The first kappa shape index (κ1) is 11.1. The van der Waals surface area contributed by atoms with Gasteiger partial charge >= 0.3 is 0 Å². The summed E-state index contributed by atoms with van der Waals surface area (Å²) in [5.41, 5.74) is 0.761. The average Bonchev–Trinajstić information content (AvgIpc) is 2.24. The molecule has 0 spiro atoms. The summed E-state index contributed by atoms with van der Waals surface area (Å²) in [4.78, 5) is 0. The van der Waals surface area contributed by atoms with Crippen LogP contribution >= 0.6 is 0 Å². The van der Waals surface area contributed by atoms with E-state index < -0.39 is 0 Å². The molecule has 0 saturated heterocycles. The number of ether oxygens (including phenoxy) is 1. The summed E-state index contributed by atoms with van der Waals surface area (Å²) in [6, 6.07) is 7.86. The SMILES string of the molecule is CC1(CC2CCC2)C[C@H](O)c2ccccc2O1. The second-order valence-electron chi connectivity index (χ2n) is 5.81. The summed E-state index contributed by atoms with van der Waals surface area (Å²) < 4.78 is 6.14. The van der Waals surface area contributed by atoms with E-state index in [1.54, 1.807) is 0 Å². The lowest BCUT2D eigenvalue weighted by Crippen LogP contribution is -2.41. The van der Waals surface area contributed by atoms with E-state index in [2.05, 4.69) is 6.92 Å². The van der Waals surface area contributed by atoms with Crippen LogP contribution in [0.2, 0.25) is 0 Å². The van der Waals surface area contributed by atoms with Crippen molar-refractivity contribution in [2.45, 2.75) is 50.7 Å². The molecular formula is C15H20O2. The quantitative estimate of drug-likeness (QED) is 0.846. The molecule has 2 nitrogen and oxygen atoms in total. The van der Waals surface area contributed by atoms with Crippen LogP contribution in [0.3, 0.4) is 0 Å². The zero-order chi connectivity index (χ0) is 11.9. The Balaban J connectivity index is 1.81. The molecule has 3 rings (SSSR count). The molecule has 1 unspecified atom stereocenters. The predicted octanol–water partition coefficient (Wildman–Crippen LogP) is 3.45. The fraction of sp³-hybridized carbons (Fsp3) is 0.600. The van der Waals surface area contributed by atoms with Crippen LogP contribution < -0.4 is 4.74 Å². The second kappa shape index (κ2) is 4.02. The maximum Gasteiger partial charge on any atom is 0.125 e. The van der Waals surface area contributed by atoms with Crippen molar-refractivity contribution < 1.29 is 9.84 Å². The molecule has 2 heteroatoms. The Morgan fingerprint density at radius 2 is 2.12 bits per heavy atom. The highest BCUT2D eigenvalue weighted by atomic mass is 16.5. The van der Waals surface area contributed by atoms with E-state index in [-0.39, 0.29) is 11.7 Å². The maximum atomic E-state index is 10.2. The smallest absolute Gasteiger partial charge is 0.125 e. The molecule has 0 bridgehead atoms. The first-order chi connectivity index (χ1) is 8.16. The lowest BCUT2D eigenvalue weighted by Gasteiger charge is -2.42. The van der Waals surface area contributed by atoms with Gasteiger partial charge in [0.2, 0.25) is 0 Å². The number of fused-ring (bicyclic) bond motifs is 1. The molecule has 1 aromatic rings. The topological polar surface area (TPSA) is 29.5 Å². The van der Waals surface area contributed by atoms with E-state index in [9.17, 15) is 5.11 Å². The summed E-state index contributed by atoms with van der Waals surface area (Å²) in [5, 5.41) is 10.2. The zero-order valence-corrected chi connectivity index (χ0v) is 10.4. The van der Waals surface area contributed by atoms with Gasteiger partial charge in [-0.25, -0.2) is 0 Å². The minimum Gasteiger partial charge on any atom is -0.487 e. The minimum absolute atomic E-state index is 0.182. The van der Waals surface area contributed by atoms with Gasteiger partial charge in [-0.1, -0.05) is 37.5 Å². The monoisotopic (exact) mass is 232 g/mol.